The van der Waals surface area contributed by atoms with Crippen molar-refractivity contribution in [1.82, 2.24) is 0 Å². The van der Waals surface area contributed by atoms with E-state index in [4.69, 9.17) is 66.7 Å². The third-order valence-electron chi connectivity index (χ3n) is 6.53. The van der Waals surface area contributed by atoms with E-state index in [9.17, 15) is 9.59 Å². The van der Waals surface area contributed by atoms with Gasteiger partial charge in [0.2, 0.25) is 0 Å². The van der Waals surface area contributed by atoms with E-state index in [-0.39, 0.29) is 25.6 Å². The summed E-state index contributed by atoms with van der Waals surface area (Å²) in [5.74, 6) is -1.03. The topological polar surface area (TPSA) is 174 Å². The summed E-state index contributed by atoms with van der Waals surface area (Å²) >= 11 is 0. The number of hydrogen-bond acceptors (Lipinski definition) is 15. The van der Waals surface area contributed by atoms with Gasteiger partial charge < -0.3 is 66.7 Å². The molecule has 0 bridgehead atoms. The quantitative estimate of drug-likeness (QED) is 0.0711. The number of carboxylic acids is 1. The summed E-state index contributed by atoms with van der Waals surface area (Å²) in [6.45, 7) is 13.3. The van der Waals surface area contributed by atoms with Gasteiger partial charge in [-0.2, -0.15) is 0 Å². The first kappa shape index (κ1) is 49.5. The molecule has 1 N–H and O–H groups in total. The molecule has 0 aliphatic heterocycles. The second-order valence-electron chi connectivity index (χ2n) is 10.9. The summed E-state index contributed by atoms with van der Waals surface area (Å²) in [4.78, 5) is 22.0. The van der Waals surface area contributed by atoms with E-state index in [1.54, 1.807) is 0 Å². The van der Waals surface area contributed by atoms with Gasteiger partial charge in [-0.25, -0.2) is 0 Å². The zero-order valence-corrected chi connectivity index (χ0v) is 31.2. The van der Waals surface area contributed by atoms with Crippen molar-refractivity contribution in [2.75, 3.05) is 165 Å². The second kappa shape index (κ2) is 44.6. The number of aliphatic carboxylic acids is 1. The summed E-state index contributed by atoms with van der Waals surface area (Å²) < 4.78 is 70.1. The van der Waals surface area contributed by atoms with Crippen LogP contribution in [0.15, 0.2) is 0 Å². The molecule has 0 rings (SSSR count). The second-order valence-corrected chi connectivity index (χ2v) is 10.9. The molecule has 0 aromatic rings. The van der Waals surface area contributed by atoms with E-state index in [2.05, 4.69) is 6.92 Å². The van der Waals surface area contributed by atoms with Crippen molar-refractivity contribution in [3.63, 3.8) is 0 Å². The SMILES string of the molecule is CCCCCCCC(=O)OCCOCCOCCOCCOCCOCCOCCOCCOCCOCCOCCOCCOCCC(=O)O. The Labute approximate surface area is 305 Å². The zero-order chi connectivity index (χ0) is 37.0. The lowest BCUT2D eigenvalue weighted by Crippen LogP contribution is -2.15. The van der Waals surface area contributed by atoms with Crippen LogP contribution >= 0.6 is 0 Å². The summed E-state index contributed by atoms with van der Waals surface area (Å²) in [6, 6.07) is 0. The van der Waals surface area contributed by atoms with Gasteiger partial charge >= 0.3 is 11.9 Å². The van der Waals surface area contributed by atoms with Crippen LogP contribution in [0.25, 0.3) is 0 Å². The summed E-state index contributed by atoms with van der Waals surface area (Å²) in [5.41, 5.74) is 0. The summed E-state index contributed by atoms with van der Waals surface area (Å²) in [7, 11) is 0. The van der Waals surface area contributed by atoms with Crippen LogP contribution in [-0.2, 0) is 71.2 Å². The van der Waals surface area contributed by atoms with Crippen molar-refractivity contribution in [3.05, 3.63) is 0 Å². The van der Waals surface area contributed by atoms with Crippen molar-refractivity contribution >= 4 is 11.9 Å². The fraction of sp³-hybridized carbons (Fsp3) is 0.943. The average Bonchev–Trinajstić information content (AvgIpc) is 3.12. The maximum Gasteiger partial charge on any atom is 0.305 e. The number of carbonyl (C=O) groups excluding carboxylic acids is 1. The fourth-order valence-electron chi connectivity index (χ4n) is 3.84. The van der Waals surface area contributed by atoms with E-state index in [1.807, 2.05) is 0 Å². The third-order valence-corrected chi connectivity index (χ3v) is 6.53. The van der Waals surface area contributed by atoms with Gasteiger partial charge in [0, 0.05) is 6.42 Å². The van der Waals surface area contributed by atoms with Crippen LogP contribution in [0.2, 0.25) is 0 Å². The first-order valence-electron chi connectivity index (χ1n) is 18.5. The lowest BCUT2D eigenvalue weighted by molar-refractivity contribution is -0.145. The molecule has 16 heteroatoms. The Bertz CT molecular complexity index is 703. The molecule has 0 aromatic carbocycles. The maximum atomic E-state index is 11.6. The van der Waals surface area contributed by atoms with Gasteiger partial charge in [-0.15, -0.1) is 0 Å². The van der Waals surface area contributed by atoms with Crippen LogP contribution in [0, 0.1) is 0 Å². The minimum Gasteiger partial charge on any atom is -0.481 e. The molecule has 0 atom stereocenters. The first-order chi connectivity index (χ1) is 25.2. The van der Waals surface area contributed by atoms with E-state index in [1.165, 1.54) is 19.3 Å². The molecule has 0 amide bonds. The smallest absolute Gasteiger partial charge is 0.305 e. The number of carbonyl (C=O) groups is 2. The van der Waals surface area contributed by atoms with E-state index >= 15 is 0 Å². The van der Waals surface area contributed by atoms with E-state index in [0.29, 0.717) is 158 Å². The van der Waals surface area contributed by atoms with Crippen LogP contribution in [0.5, 0.6) is 0 Å². The Kier molecular flexibility index (Phi) is 43.3. The van der Waals surface area contributed by atoms with E-state index < -0.39 is 5.97 Å². The zero-order valence-electron chi connectivity index (χ0n) is 31.2. The predicted octanol–water partition coefficient (Wildman–Crippen LogP) is 2.56. The summed E-state index contributed by atoms with van der Waals surface area (Å²) in [6.07, 6.45) is 6.04. The van der Waals surface area contributed by atoms with Crippen LogP contribution in [0.1, 0.15) is 51.9 Å². The molecule has 304 valence electrons. The molecule has 51 heavy (non-hydrogen) atoms. The van der Waals surface area contributed by atoms with Crippen molar-refractivity contribution in [2.24, 2.45) is 0 Å². The van der Waals surface area contributed by atoms with Gasteiger partial charge in [-0.3, -0.25) is 9.59 Å². The molecular weight excluding hydrogens is 676 g/mol. The van der Waals surface area contributed by atoms with Gasteiger partial charge in [-0.1, -0.05) is 32.6 Å². The van der Waals surface area contributed by atoms with Gasteiger partial charge in [0.15, 0.2) is 0 Å². The molecule has 0 aliphatic carbocycles. The molecule has 0 saturated carbocycles. The maximum absolute atomic E-state index is 11.6. The molecule has 0 radical (unpaired) electrons. The minimum absolute atomic E-state index is 0.00547. The molecule has 0 saturated heterocycles. The predicted molar refractivity (Wildman–Crippen MR) is 186 cm³/mol. The molecule has 16 nitrogen and oxygen atoms in total. The number of esters is 1. The molecule has 0 unspecified atom stereocenters. The number of rotatable bonds is 45. The van der Waals surface area contributed by atoms with Crippen LogP contribution in [-0.4, -0.2) is 182 Å². The normalized spacial score (nSPS) is 11.4. The highest BCUT2D eigenvalue weighted by Gasteiger charge is 2.03. The van der Waals surface area contributed by atoms with Crippen LogP contribution < -0.4 is 0 Å². The summed E-state index contributed by atoms with van der Waals surface area (Å²) in [5, 5.41) is 8.49. The Morgan fingerprint density at radius 3 is 0.863 bits per heavy atom. The highest BCUT2D eigenvalue weighted by atomic mass is 16.6. The van der Waals surface area contributed by atoms with Gasteiger partial charge in [0.05, 0.1) is 165 Å². The molecule has 0 fully saturated rings. The van der Waals surface area contributed by atoms with Gasteiger partial charge in [0.25, 0.3) is 0 Å². The van der Waals surface area contributed by atoms with Crippen molar-refractivity contribution in [1.29, 1.82) is 0 Å². The standard InChI is InChI=1S/C35H68O16/c1-2-3-4-5-6-7-35(38)51-33-32-50-31-30-49-29-28-48-27-26-47-25-24-46-23-22-45-21-20-44-19-18-43-17-16-42-15-14-41-13-12-40-11-10-39-9-8-34(36)37/h2-33H2,1H3,(H,36,37). The number of hydrogen-bond donors (Lipinski definition) is 1. The lowest BCUT2D eigenvalue weighted by Gasteiger charge is -2.09. The van der Waals surface area contributed by atoms with Crippen molar-refractivity contribution < 1.29 is 76.3 Å². The monoisotopic (exact) mass is 744 g/mol. The Balaban J connectivity index is 3.09. The third kappa shape index (κ3) is 46.4. The number of ether oxygens (including phenoxy) is 13. The highest BCUT2D eigenvalue weighted by molar-refractivity contribution is 5.69. The van der Waals surface area contributed by atoms with Gasteiger partial charge in [0.1, 0.15) is 6.61 Å². The van der Waals surface area contributed by atoms with E-state index in [0.717, 1.165) is 12.8 Å². The molecular formula is C35H68O16. The van der Waals surface area contributed by atoms with Crippen LogP contribution in [0.3, 0.4) is 0 Å². The van der Waals surface area contributed by atoms with Crippen LogP contribution in [0.4, 0.5) is 0 Å². The van der Waals surface area contributed by atoms with Crippen molar-refractivity contribution in [2.45, 2.75) is 51.9 Å². The fourth-order valence-corrected chi connectivity index (χ4v) is 3.84. The molecule has 0 spiro atoms. The molecule has 0 heterocycles. The number of unbranched alkanes of at least 4 members (excludes halogenated alkanes) is 4. The lowest BCUT2D eigenvalue weighted by atomic mass is 10.1. The largest absolute Gasteiger partial charge is 0.481 e. The first-order valence-corrected chi connectivity index (χ1v) is 18.5. The van der Waals surface area contributed by atoms with Gasteiger partial charge in [-0.05, 0) is 6.42 Å². The highest BCUT2D eigenvalue weighted by Crippen LogP contribution is 2.05. The Morgan fingerprint density at radius 2 is 0.588 bits per heavy atom. The van der Waals surface area contributed by atoms with Crippen molar-refractivity contribution in [3.8, 4) is 0 Å². The number of carboxylic acid groups (broad SMARTS) is 1. The molecule has 0 aromatic heterocycles. The Morgan fingerprint density at radius 1 is 0.333 bits per heavy atom. The molecule has 0 aliphatic rings. The Hall–Kier alpha value is -1.54. The minimum atomic E-state index is -0.877. The average molecular weight is 745 g/mol.